The largest absolute Gasteiger partial charge is 0.492 e. The monoisotopic (exact) mass is 415 g/mol. The number of imidazole rings is 1. The first kappa shape index (κ1) is 20.1. The second-order valence-corrected chi connectivity index (χ2v) is 6.96. The van der Waals surface area contributed by atoms with Crippen LogP contribution in [0.3, 0.4) is 0 Å². The van der Waals surface area contributed by atoms with Gasteiger partial charge < -0.3 is 15.8 Å². The Balaban J connectivity index is 1.58. The fourth-order valence-corrected chi connectivity index (χ4v) is 3.21. The number of benzene rings is 2. The van der Waals surface area contributed by atoms with Gasteiger partial charge in [0.15, 0.2) is 11.3 Å². The van der Waals surface area contributed by atoms with Crippen molar-refractivity contribution in [3.8, 4) is 17.0 Å². The average molecular weight is 415 g/mol. The second kappa shape index (κ2) is 8.66. The molecule has 0 fully saturated rings. The molecule has 2 aromatic carbocycles. The Morgan fingerprint density at radius 3 is 2.65 bits per heavy atom. The second-order valence-electron chi connectivity index (χ2n) is 6.96. The SMILES string of the molecule is Cc1cccc(OCCNC(=O)c2cc(-c3ccccc3)nc3c(C(N)=O)ncn23)c1. The molecule has 0 aliphatic carbocycles. The zero-order valence-corrected chi connectivity index (χ0v) is 16.9. The van der Waals surface area contributed by atoms with Crippen LogP contribution in [-0.2, 0) is 0 Å². The first-order chi connectivity index (χ1) is 15.0. The van der Waals surface area contributed by atoms with Gasteiger partial charge in [0.1, 0.15) is 24.4 Å². The molecule has 8 heteroatoms. The predicted molar refractivity (Wildman–Crippen MR) is 116 cm³/mol. The Hall–Kier alpha value is -4.20. The highest BCUT2D eigenvalue weighted by molar-refractivity contribution is 5.99. The molecule has 4 aromatic rings. The van der Waals surface area contributed by atoms with E-state index in [1.807, 2.05) is 61.5 Å². The number of nitrogens with two attached hydrogens (primary N) is 1. The van der Waals surface area contributed by atoms with E-state index < -0.39 is 5.91 Å². The summed E-state index contributed by atoms with van der Waals surface area (Å²) in [7, 11) is 0. The summed E-state index contributed by atoms with van der Waals surface area (Å²) in [6.45, 7) is 2.60. The van der Waals surface area contributed by atoms with Crippen molar-refractivity contribution >= 4 is 17.5 Å². The van der Waals surface area contributed by atoms with Crippen LogP contribution < -0.4 is 15.8 Å². The van der Waals surface area contributed by atoms with Crippen molar-refractivity contribution in [1.82, 2.24) is 19.7 Å². The zero-order chi connectivity index (χ0) is 21.8. The number of primary amides is 1. The molecule has 4 rings (SSSR count). The number of hydrogen-bond donors (Lipinski definition) is 2. The molecule has 0 saturated heterocycles. The van der Waals surface area contributed by atoms with Gasteiger partial charge in [0.25, 0.3) is 11.8 Å². The molecule has 0 saturated carbocycles. The van der Waals surface area contributed by atoms with Gasteiger partial charge in [-0.05, 0) is 30.7 Å². The van der Waals surface area contributed by atoms with Gasteiger partial charge in [-0.15, -0.1) is 0 Å². The molecule has 0 bridgehead atoms. The predicted octanol–water partition coefficient (Wildman–Crippen LogP) is 2.61. The maximum Gasteiger partial charge on any atom is 0.271 e. The number of rotatable bonds is 7. The highest BCUT2D eigenvalue weighted by Crippen LogP contribution is 2.21. The fraction of sp³-hybridized carbons (Fsp3) is 0.130. The van der Waals surface area contributed by atoms with Crippen LogP contribution in [0.5, 0.6) is 5.75 Å². The average Bonchev–Trinajstić information content (AvgIpc) is 3.21. The number of nitrogens with one attached hydrogen (secondary N) is 1. The van der Waals surface area contributed by atoms with E-state index in [0.717, 1.165) is 16.9 Å². The Labute approximate surface area is 178 Å². The third-order valence-electron chi connectivity index (χ3n) is 4.68. The number of fused-ring (bicyclic) bond motifs is 1. The van der Waals surface area contributed by atoms with Gasteiger partial charge in [-0.3, -0.25) is 14.0 Å². The van der Waals surface area contributed by atoms with Crippen LogP contribution >= 0.6 is 0 Å². The van der Waals surface area contributed by atoms with Crippen LogP contribution in [0.25, 0.3) is 16.9 Å². The Morgan fingerprint density at radius 2 is 1.90 bits per heavy atom. The molecule has 8 nitrogen and oxygen atoms in total. The van der Waals surface area contributed by atoms with Crippen LogP contribution in [0, 0.1) is 6.92 Å². The third kappa shape index (κ3) is 4.37. The Morgan fingerprint density at radius 1 is 1.10 bits per heavy atom. The molecule has 2 aromatic heterocycles. The summed E-state index contributed by atoms with van der Waals surface area (Å²) < 4.78 is 7.14. The van der Waals surface area contributed by atoms with E-state index >= 15 is 0 Å². The Kier molecular flexibility index (Phi) is 5.61. The molecule has 0 spiro atoms. The minimum Gasteiger partial charge on any atom is -0.492 e. The molecule has 156 valence electrons. The summed E-state index contributed by atoms with van der Waals surface area (Å²) in [5.41, 5.74) is 8.40. The molecule has 2 heterocycles. The number of aromatic nitrogens is 3. The first-order valence-corrected chi connectivity index (χ1v) is 9.74. The lowest BCUT2D eigenvalue weighted by atomic mass is 10.1. The van der Waals surface area contributed by atoms with Crippen molar-refractivity contribution in [3.05, 3.63) is 83.9 Å². The van der Waals surface area contributed by atoms with Crippen LogP contribution in [-0.4, -0.2) is 39.3 Å². The minimum absolute atomic E-state index is 0.00890. The normalized spacial score (nSPS) is 10.7. The standard InChI is InChI=1S/C23H21N5O3/c1-15-6-5-9-17(12-15)31-11-10-25-23(30)19-13-18(16-7-3-2-4-8-16)27-22-20(21(24)29)26-14-28(19)22/h2-9,12-14H,10-11H2,1H3,(H2,24,29)(H,25,30). The fourth-order valence-electron chi connectivity index (χ4n) is 3.21. The van der Waals surface area contributed by atoms with Crippen molar-refractivity contribution in [2.24, 2.45) is 5.73 Å². The minimum atomic E-state index is -0.710. The highest BCUT2D eigenvalue weighted by Gasteiger charge is 2.19. The quantitative estimate of drug-likeness (QED) is 0.451. The van der Waals surface area contributed by atoms with E-state index in [2.05, 4.69) is 15.3 Å². The van der Waals surface area contributed by atoms with E-state index in [0.29, 0.717) is 24.5 Å². The zero-order valence-electron chi connectivity index (χ0n) is 16.9. The van der Waals surface area contributed by atoms with E-state index in [4.69, 9.17) is 10.5 Å². The number of hydrogen-bond acceptors (Lipinski definition) is 5. The molecular formula is C23H21N5O3. The van der Waals surface area contributed by atoms with Crippen LogP contribution in [0.1, 0.15) is 26.5 Å². The molecular weight excluding hydrogens is 394 g/mol. The van der Waals surface area contributed by atoms with E-state index in [1.54, 1.807) is 6.07 Å². The molecule has 0 aliphatic rings. The smallest absolute Gasteiger partial charge is 0.271 e. The van der Waals surface area contributed by atoms with Gasteiger partial charge in [0.05, 0.1) is 12.2 Å². The van der Waals surface area contributed by atoms with Gasteiger partial charge in [-0.1, -0.05) is 42.5 Å². The number of ether oxygens (including phenoxy) is 1. The maximum atomic E-state index is 12.9. The number of nitrogens with zero attached hydrogens (tertiary/aromatic N) is 3. The molecule has 0 radical (unpaired) electrons. The summed E-state index contributed by atoms with van der Waals surface area (Å²) in [4.78, 5) is 33.2. The Bertz CT molecular complexity index is 1250. The molecule has 2 amide bonds. The van der Waals surface area contributed by atoms with E-state index in [-0.39, 0.29) is 17.2 Å². The van der Waals surface area contributed by atoms with Gasteiger partial charge in [0, 0.05) is 5.56 Å². The number of carbonyl (C=O) groups excluding carboxylic acids is 2. The summed E-state index contributed by atoms with van der Waals surface area (Å²) in [5, 5.41) is 2.84. The van der Waals surface area contributed by atoms with E-state index in [9.17, 15) is 9.59 Å². The van der Waals surface area contributed by atoms with Crippen LogP contribution in [0.2, 0.25) is 0 Å². The van der Waals surface area contributed by atoms with Crippen LogP contribution in [0.4, 0.5) is 0 Å². The van der Waals surface area contributed by atoms with Gasteiger partial charge >= 0.3 is 0 Å². The molecule has 3 N–H and O–H groups in total. The summed E-state index contributed by atoms with van der Waals surface area (Å²) in [5.74, 6) is -0.309. The highest BCUT2D eigenvalue weighted by atomic mass is 16.5. The van der Waals surface area contributed by atoms with Crippen molar-refractivity contribution in [2.75, 3.05) is 13.2 Å². The first-order valence-electron chi connectivity index (χ1n) is 9.74. The third-order valence-corrected chi connectivity index (χ3v) is 4.68. The summed E-state index contributed by atoms with van der Waals surface area (Å²) in [6, 6.07) is 18.7. The molecule has 0 aliphatic heterocycles. The van der Waals surface area contributed by atoms with Crippen molar-refractivity contribution < 1.29 is 14.3 Å². The number of amides is 2. The lowest BCUT2D eigenvalue weighted by Crippen LogP contribution is -2.29. The van der Waals surface area contributed by atoms with Gasteiger partial charge in [0.2, 0.25) is 0 Å². The maximum absolute atomic E-state index is 12.9. The summed E-state index contributed by atoms with van der Waals surface area (Å²) >= 11 is 0. The number of carbonyl (C=O) groups is 2. The van der Waals surface area contributed by atoms with Crippen molar-refractivity contribution in [3.63, 3.8) is 0 Å². The molecule has 0 unspecified atom stereocenters. The van der Waals surface area contributed by atoms with Gasteiger partial charge in [-0.2, -0.15) is 0 Å². The topological polar surface area (TPSA) is 112 Å². The molecule has 0 atom stereocenters. The van der Waals surface area contributed by atoms with Crippen molar-refractivity contribution in [2.45, 2.75) is 6.92 Å². The van der Waals surface area contributed by atoms with Gasteiger partial charge in [-0.25, -0.2) is 9.97 Å². The summed E-state index contributed by atoms with van der Waals surface area (Å²) in [6.07, 6.45) is 1.37. The van der Waals surface area contributed by atoms with Crippen LogP contribution in [0.15, 0.2) is 67.0 Å². The molecule has 31 heavy (non-hydrogen) atoms. The van der Waals surface area contributed by atoms with E-state index in [1.165, 1.54) is 10.7 Å². The number of aryl methyl sites for hydroxylation is 1. The van der Waals surface area contributed by atoms with Crippen molar-refractivity contribution in [1.29, 1.82) is 0 Å². The lowest BCUT2D eigenvalue weighted by molar-refractivity contribution is 0.0939. The lowest BCUT2D eigenvalue weighted by Gasteiger charge is -2.11.